The van der Waals surface area contributed by atoms with Gasteiger partial charge in [-0.2, -0.15) is 0 Å². The highest BCUT2D eigenvalue weighted by Crippen LogP contribution is 2.67. The van der Waals surface area contributed by atoms with Gasteiger partial charge in [0.05, 0.1) is 17.3 Å². The number of fused-ring (bicyclic) bond motifs is 1. The highest BCUT2D eigenvalue weighted by Gasteiger charge is 2.68. The Bertz CT molecular complexity index is 1180. The quantitative estimate of drug-likeness (QED) is 0.687. The molecule has 5 heteroatoms. The minimum absolute atomic E-state index is 0.0271. The van der Waals surface area contributed by atoms with Crippen LogP contribution >= 0.6 is 0 Å². The minimum atomic E-state index is -0.889. The number of aliphatic hydroxyl groups is 2. The second kappa shape index (κ2) is 7.72. The van der Waals surface area contributed by atoms with E-state index in [1.165, 1.54) is 11.1 Å². The van der Waals surface area contributed by atoms with E-state index in [1.807, 2.05) is 31.3 Å². The molecular weight excluding hydrogens is 436 g/mol. The Morgan fingerprint density at radius 3 is 2.74 bits per heavy atom. The summed E-state index contributed by atoms with van der Waals surface area (Å²) in [6.45, 7) is 6.79. The number of likely N-dealkylation sites (N-methyl/N-ethyl adjacent to an activating group) is 1. The van der Waals surface area contributed by atoms with Crippen LogP contribution in [0.25, 0.3) is 6.08 Å². The van der Waals surface area contributed by atoms with Gasteiger partial charge < -0.3 is 19.8 Å². The van der Waals surface area contributed by atoms with Gasteiger partial charge in [-0.3, -0.25) is 4.98 Å². The first-order valence-corrected chi connectivity index (χ1v) is 13.1. The summed E-state index contributed by atoms with van der Waals surface area (Å²) in [5, 5.41) is 22.1. The summed E-state index contributed by atoms with van der Waals surface area (Å²) in [4.78, 5) is 6.48. The lowest BCUT2D eigenvalue weighted by atomic mass is 9.55. The molecular formula is C30H38N2O3. The lowest BCUT2D eigenvalue weighted by Gasteiger charge is -2.57. The highest BCUT2D eigenvalue weighted by atomic mass is 16.5. The van der Waals surface area contributed by atoms with E-state index in [0.717, 1.165) is 42.5 Å². The SMILES string of the molecule is Cc1ncccc1/C=C/C1=CCC2[C@]1(C)C(C)C=C1C=C3[C@@H](O)[C@H](O)[C@@H](N(C)C)C[C@]34CC[C@@]12O4. The fourth-order valence-corrected chi connectivity index (χ4v) is 7.97. The second-order valence-corrected chi connectivity index (χ2v) is 11.9. The van der Waals surface area contributed by atoms with E-state index in [2.05, 4.69) is 62.2 Å². The minimum Gasteiger partial charge on any atom is -0.388 e. The number of aryl methyl sites for hydroxylation is 1. The number of aliphatic hydroxyl groups excluding tert-OH is 2. The van der Waals surface area contributed by atoms with Crippen LogP contribution in [0, 0.1) is 24.2 Å². The third kappa shape index (κ3) is 3.05. The molecule has 8 atom stereocenters. The van der Waals surface area contributed by atoms with Crippen molar-refractivity contribution in [3.05, 3.63) is 70.6 Å². The van der Waals surface area contributed by atoms with Crippen LogP contribution in [0.3, 0.4) is 0 Å². The van der Waals surface area contributed by atoms with Crippen molar-refractivity contribution < 1.29 is 14.9 Å². The standard InChI is InChI=1S/C30H38N2O3/c1-18-15-22-16-23-26(33)27(34)24(32(4)5)17-29(23)12-13-30(22,35-29)25-11-10-21(28(18,25)3)9-8-20-7-6-14-31-19(20)2/h6-10,14-16,18,24-27,33-34H,11-13,17H2,1-5H3/b9-8+/t18?,24-,25?,26+,27+,28+,29+,30+/m0/s1. The van der Waals surface area contributed by atoms with Gasteiger partial charge in [-0.15, -0.1) is 0 Å². The Balaban J connectivity index is 1.39. The third-order valence-electron chi connectivity index (χ3n) is 10.2. The van der Waals surface area contributed by atoms with Crippen molar-refractivity contribution in [1.29, 1.82) is 0 Å². The summed E-state index contributed by atoms with van der Waals surface area (Å²) in [6, 6.07) is 3.99. The number of pyridine rings is 1. The van der Waals surface area contributed by atoms with Gasteiger partial charge in [0.2, 0.25) is 0 Å². The number of hydrogen-bond acceptors (Lipinski definition) is 5. The first-order chi connectivity index (χ1) is 16.6. The van der Waals surface area contributed by atoms with Crippen molar-refractivity contribution in [3.8, 4) is 0 Å². The molecule has 5 nitrogen and oxygen atoms in total. The zero-order chi connectivity index (χ0) is 24.8. The topological polar surface area (TPSA) is 65.8 Å². The molecule has 2 fully saturated rings. The van der Waals surface area contributed by atoms with E-state index in [1.54, 1.807) is 0 Å². The van der Waals surface area contributed by atoms with Gasteiger partial charge >= 0.3 is 0 Å². The first kappa shape index (κ1) is 23.4. The number of rotatable bonds is 3. The van der Waals surface area contributed by atoms with Crippen molar-refractivity contribution in [2.24, 2.45) is 17.3 Å². The van der Waals surface area contributed by atoms with Crippen LogP contribution < -0.4 is 0 Å². The predicted molar refractivity (Wildman–Crippen MR) is 138 cm³/mol. The highest BCUT2D eigenvalue weighted by molar-refractivity contribution is 5.58. The molecule has 1 aromatic heterocycles. The van der Waals surface area contributed by atoms with E-state index in [9.17, 15) is 10.2 Å². The fourth-order valence-electron chi connectivity index (χ4n) is 7.97. The summed E-state index contributed by atoms with van der Waals surface area (Å²) in [5.74, 6) is 0.675. The second-order valence-electron chi connectivity index (χ2n) is 11.9. The predicted octanol–water partition coefficient (Wildman–Crippen LogP) is 4.22. The van der Waals surface area contributed by atoms with Crippen LogP contribution in [-0.4, -0.2) is 63.6 Å². The van der Waals surface area contributed by atoms with Crippen molar-refractivity contribution in [2.75, 3.05) is 14.1 Å². The molecule has 5 aliphatic rings. The van der Waals surface area contributed by atoms with Crippen LogP contribution in [0.2, 0.25) is 0 Å². The maximum atomic E-state index is 11.2. The molecule has 1 saturated heterocycles. The summed E-state index contributed by atoms with van der Waals surface area (Å²) in [6.07, 6.45) is 15.2. The number of hydrogen-bond donors (Lipinski definition) is 2. The van der Waals surface area contributed by atoms with Crippen molar-refractivity contribution in [2.45, 2.75) is 75.9 Å². The van der Waals surface area contributed by atoms with E-state index in [0.29, 0.717) is 11.8 Å². The first-order valence-electron chi connectivity index (χ1n) is 13.1. The summed E-state index contributed by atoms with van der Waals surface area (Å²) < 4.78 is 7.24. The van der Waals surface area contributed by atoms with Crippen molar-refractivity contribution in [1.82, 2.24) is 9.88 Å². The van der Waals surface area contributed by atoms with Crippen LogP contribution in [0.15, 0.2) is 59.4 Å². The average Bonchev–Trinajstić information content (AvgIpc) is 3.34. The van der Waals surface area contributed by atoms with E-state index >= 15 is 0 Å². The number of allylic oxidation sites excluding steroid dienone is 4. The molecule has 3 heterocycles. The molecule has 2 aliphatic heterocycles. The Kier molecular flexibility index (Phi) is 5.15. The van der Waals surface area contributed by atoms with Gasteiger partial charge in [-0.05, 0) is 81.0 Å². The fraction of sp³-hybridized carbons (Fsp3) is 0.567. The molecule has 2 bridgehead atoms. The summed E-state index contributed by atoms with van der Waals surface area (Å²) in [7, 11) is 3.96. The smallest absolute Gasteiger partial charge is 0.105 e. The molecule has 0 radical (unpaired) electrons. The molecule has 6 rings (SSSR count). The van der Waals surface area contributed by atoms with Gasteiger partial charge in [0.1, 0.15) is 6.10 Å². The monoisotopic (exact) mass is 474 g/mol. The Morgan fingerprint density at radius 1 is 1.20 bits per heavy atom. The lowest BCUT2D eigenvalue weighted by molar-refractivity contribution is -0.166. The van der Waals surface area contributed by atoms with Crippen LogP contribution in [-0.2, 0) is 4.74 Å². The van der Waals surface area contributed by atoms with E-state index in [-0.39, 0.29) is 17.1 Å². The largest absolute Gasteiger partial charge is 0.388 e. The maximum Gasteiger partial charge on any atom is 0.105 e. The Labute approximate surface area is 208 Å². The number of ether oxygens (including phenoxy) is 1. The molecule has 1 saturated carbocycles. The molecule has 2 spiro atoms. The number of aromatic nitrogens is 1. The summed E-state index contributed by atoms with van der Waals surface area (Å²) >= 11 is 0. The average molecular weight is 475 g/mol. The molecule has 0 aromatic carbocycles. The van der Waals surface area contributed by atoms with Gasteiger partial charge in [0.15, 0.2) is 0 Å². The van der Waals surface area contributed by atoms with Gasteiger partial charge in [-0.1, -0.05) is 50.3 Å². The molecule has 3 aliphatic carbocycles. The third-order valence-corrected chi connectivity index (χ3v) is 10.2. The molecule has 0 amide bonds. The molecule has 2 N–H and O–H groups in total. The molecule has 35 heavy (non-hydrogen) atoms. The van der Waals surface area contributed by atoms with Crippen molar-refractivity contribution in [3.63, 3.8) is 0 Å². The zero-order valence-electron chi connectivity index (χ0n) is 21.5. The molecule has 1 aromatic rings. The Hall–Kier alpha value is -2.05. The van der Waals surface area contributed by atoms with Crippen LogP contribution in [0.5, 0.6) is 0 Å². The lowest BCUT2D eigenvalue weighted by Crippen LogP contribution is -2.62. The molecule has 2 unspecified atom stereocenters. The van der Waals surface area contributed by atoms with E-state index < -0.39 is 17.8 Å². The number of nitrogens with zero attached hydrogens (tertiary/aromatic N) is 2. The van der Waals surface area contributed by atoms with Crippen LogP contribution in [0.4, 0.5) is 0 Å². The molecule has 186 valence electrons. The van der Waals surface area contributed by atoms with Crippen molar-refractivity contribution >= 4 is 6.08 Å². The summed E-state index contributed by atoms with van der Waals surface area (Å²) in [5.41, 5.74) is 4.83. The maximum absolute atomic E-state index is 11.2. The van der Waals surface area contributed by atoms with E-state index in [4.69, 9.17) is 4.74 Å². The van der Waals surface area contributed by atoms with Crippen LogP contribution in [0.1, 0.15) is 50.8 Å². The van der Waals surface area contributed by atoms with Gasteiger partial charge in [0, 0.05) is 29.3 Å². The normalized spacial score (nSPS) is 44.0. The zero-order valence-corrected chi connectivity index (χ0v) is 21.5. The van der Waals surface area contributed by atoms with Gasteiger partial charge in [0.25, 0.3) is 0 Å². The Morgan fingerprint density at radius 2 is 2.00 bits per heavy atom. The van der Waals surface area contributed by atoms with Gasteiger partial charge in [-0.25, -0.2) is 0 Å².